The summed E-state index contributed by atoms with van der Waals surface area (Å²) in [6.07, 6.45) is 7.59. The molecule has 1 aliphatic heterocycles. The molecule has 6 nitrogen and oxygen atoms in total. The van der Waals surface area contributed by atoms with Crippen molar-refractivity contribution in [3.05, 3.63) is 35.9 Å². The lowest BCUT2D eigenvalue weighted by molar-refractivity contribution is -0.126. The van der Waals surface area contributed by atoms with E-state index in [1.54, 1.807) is 4.90 Å². The van der Waals surface area contributed by atoms with Gasteiger partial charge < -0.3 is 9.64 Å². The second-order valence-corrected chi connectivity index (χ2v) is 11.2. The van der Waals surface area contributed by atoms with Crippen molar-refractivity contribution in [3.63, 3.8) is 0 Å². The number of guanidine groups is 1. The second kappa shape index (κ2) is 11.9. The molecule has 1 aromatic carbocycles. The molecule has 188 valence electrons. The monoisotopic (exact) mass is 469 g/mol. The van der Waals surface area contributed by atoms with Crippen LogP contribution in [0.5, 0.6) is 0 Å². The largest absolute Gasteiger partial charge is 0.443 e. The molecule has 2 aliphatic rings. The molecule has 1 saturated heterocycles. The Hall–Kier alpha value is -2.37. The first-order valence-corrected chi connectivity index (χ1v) is 13.1. The highest BCUT2D eigenvalue weighted by atomic mass is 16.6. The molecule has 6 heteroatoms. The van der Waals surface area contributed by atoms with Gasteiger partial charge in [-0.3, -0.25) is 4.79 Å². The minimum absolute atomic E-state index is 0.0712. The van der Waals surface area contributed by atoms with E-state index < -0.39 is 17.7 Å². The fraction of sp³-hybridized carbons (Fsp3) is 0.679. The van der Waals surface area contributed by atoms with Crippen molar-refractivity contribution >= 4 is 17.8 Å². The zero-order valence-corrected chi connectivity index (χ0v) is 21.8. The van der Waals surface area contributed by atoms with Crippen molar-refractivity contribution in [1.29, 1.82) is 0 Å². The Bertz CT molecular complexity index is 838. The number of benzene rings is 1. The van der Waals surface area contributed by atoms with Gasteiger partial charge in [0.1, 0.15) is 11.6 Å². The molecule has 1 heterocycles. The van der Waals surface area contributed by atoms with Gasteiger partial charge in [0.15, 0.2) is 5.78 Å². The van der Waals surface area contributed by atoms with E-state index in [9.17, 15) is 9.59 Å². The van der Waals surface area contributed by atoms with E-state index in [1.807, 2.05) is 31.7 Å². The van der Waals surface area contributed by atoms with Crippen molar-refractivity contribution in [1.82, 2.24) is 9.80 Å². The van der Waals surface area contributed by atoms with Crippen molar-refractivity contribution in [2.24, 2.45) is 10.9 Å². The van der Waals surface area contributed by atoms with Crippen LogP contribution in [-0.4, -0.2) is 58.4 Å². The standard InChI is InChI=1S/C28H43N3O3/c1-21(2)19-24-25(32)20-30(18-12-15-22-13-8-6-9-14-22)26(29-23-16-10-7-11-17-23)31(24)27(33)34-28(3,4)5/h6,8-9,13-14,21,23-24H,7,10-12,15-20H2,1-5H3. The van der Waals surface area contributed by atoms with Gasteiger partial charge in [0.2, 0.25) is 5.96 Å². The summed E-state index contributed by atoms with van der Waals surface area (Å²) in [6, 6.07) is 10.1. The first kappa shape index (κ1) is 26.2. The van der Waals surface area contributed by atoms with Crippen LogP contribution in [0.25, 0.3) is 0 Å². The van der Waals surface area contributed by atoms with E-state index in [4.69, 9.17) is 9.73 Å². The number of hydrogen-bond donors (Lipinski definition) is 0. The van der Waals surface area contributed by atoms with Crippen molar-refractivity contribution in [3.8, 4) is 0 Å². The minimum Gasteiger partial charge on any atom is -0.443 e. The second-order valence-electron chi connectivity index (χ2n) is 11.2. The van der Waals surface area contributed by atoms with Gasteiger partial charge in [0.05, 0.1) is 12.6 Å². The number of amides is 1. The van der Waals surface area contributed by atoms with Crippen LogP contribution < -0.4 is 0 Å². The van der Waals surface area contributed by atoms with Crippen molar-refractivity contribution in [2.45, 2.75) is 104 Å². The normalized spacial score (nSPS) is 21.4. The molecule has 0 N–H and O–H groups in total. The van der Waals surface area contributed by atoms with E-state index in [2.05, 4.69) is 38.1 Å². The van der Waals surface area contributed by atoms with Gasteiger partial charge in [-0.1, -0.05) is 63.4 Å². The lowest BCUT2D eigenvalue weighted by atomic mass is 9.95. The van der Waals surface area contributed by atoms with Crippen LogP contribution in [0.4, 0.5) is 4.79 Å². The molecule has 1 aliphatic carbocycles. The van der Waals surface area contributed by atoms with E-state index in [1.165, 1.54) is 12.0 Å². The number of carbonyl (C=O) groups is 2. The molecule has 3 rings (SSSR count). The number of hydrogen-bond acceptors (Lipinski definition) is 4. The number of rotatable bonds is 7. The van der Waals surface area contributed by atoms with Crippen LogP contribution in [0.15, 0.2) is 35.3 Å². The van der Waals surface area contributed by atoms with E-state index in [0.717, 1.165) is 38.5 Å². The summed E-state index contributed by atoms with van der Waals surface area (Å²) in [4.78, 5) is 35.6. The third kappa shape index (κ3) is 7.57. The maximum atomic E-state index is 13.5. The van der Waals surface area contributed by atoms with Crippen LogP contribution in [0.1, 0.15) is 85.1 Å². The SMILES string of the molecule is CC(C)CC1C(=O)CN(CCCc2ccccc2)C(=NC2CCCCC2)N1C(=O)OC(C)(C)C. The first-order valence-electron chi connectivity index (χ1n) is 13.1. The predicted octanol–water partition coefficient (Wildman–Crippen LogP) is 5.84. The summed E-state index contributed by atoms with van der Waals surface area (Å²) < 4.78 is 5.81. The number of ether oxygens (including phenoxy) is 1. The van der Waals surface area contributed by atoms with Gasteiger partial charge in [-0.05, 0) is 64.4 Å². The molecule has 0 spiro atoms. The number of nitrogens with zero attached hydrogens (tertiary/aromatic N) is 3. The molecule has 0 bridgehead atoms. The van der Waals surface area contributed by atoms with Gasteiger partial charge in [0.25, 0.3) is 0 Å². The number of ketones is 1. The number of aryl methyl sites for hydroxylation is 1. The average Bonchev–Trinajstić information content (AvgIpc) is 2.76. The zero-order valence-electron chi connectivity index (χ0n) is 21.8. The summed E-state index contributed by atoms with van der Waals surface area (Å²) in [5, 5.41) is 0. The Labute approximate surface area is 205 Å². The van der Waals surface area contributed by atoms with E-state index in [0.29, 0.717) is 25.5 Å². The molecule has 1 amide bonds. The quantitative estimate of drug-likeness (QED) is 0.503. The molecule has 0 radical (unpaired) electrons. The Kier molecular flexibility index (Phi) is 9.15. The highest BCUT2D eigenvalue weighted by Gasteiger charge is 2.43. The maximum absolute atomic E-state index is 13.5. The lowest BCUT2D eigenvalue weighted by Gasteiger charge is -2.43. The molecule has 1 atom stereocenters. The Balaban J connectivity index is 1.90. The van der Waals surface area contributed by atoms with Crippen molar-refractivity contribution < 1.29 is 14.3 Å². The van der Waals surface area contributed by atoms with Crippen LogP contribution in [0.3, 0.4) is 0 Å². The van der Waals surface area contributed by atoms with Crippen LogP contribution >= 0.6 is 0 Å². The first-order chi connectivity index (χ1) is 16.1. The van der Waals surface area contributed by atoms with Crippen LogP contribution in [0, 0.1) is 5.92 Å². The molecule has 2 fully saturated rings. The molecular formula is C28H43N3O3. The molecule has 34 heavy (non-hydrogen) atoms. The summed E-state index contributed by atoms with van der Waals surface area (Å²) in [6.45, 7) is 10.8. The lowest BCUT2D eigenvalue weighted by Crippen LogP contribution is -2.63. The number of carbonyl (C=O) groups excluding carboxylic acids is 2. The Morgan fingerprint density at radius 2 is 1.79 bits per heavy atom. The maximum Gasteiger partial charge on any atom is 0.417 e. The van der Waals surface area contributed by atoms with Crippen LogP contribution in [-0.2, 0) is 16.0 Å². The topological polar surface area (TPSA) is 62.2 Å². The van der Waals surface area contributed by atoms with Gasteiger partial charge in [0, 0.05) is 6.54 Å². The Morgan fingerprint density at radius 3 is 2.41 bits per heavy atom. The van der Waals surface area contributed by atoms with Gasteiger partial charge in [-0.25, -0.2) is 14.7 Å². The third-order valence-electron chi connectivity index (χ3n) is 6.42. The van der Waals surface area contributed by atoms with E-state index in [-0.39, 0.29) is 17.7 Å². The average molecular weight is 470 g/mol. The molecule has 1 saturated carbocycles. The van der Waals surface area contributed by atoms with Crippen LogP contribution in [0.2, 0.25) is 0 Å². The molecule has 0 aromatic heterocycles. The van der Waals surface area contributed by atoms with E-state index >= 15 is 0 Å². The van der Waals surface area contributed by atoms with Gasteiger partial charge in [-0.2, -0.15) is 0 Å². The third-order valence-corrected chi connectivity index (χ3v) is 6.42. The Morgan fingerprint density at radius 1 is 1.12 bits per heavy atom. The predicted molar refractivity (Wildman–Crippen MR) is 137 cm³/mol. The smallest absolute Gasteiger partial charge is 0.417 e. The fourth-order valence-corrected chi connectivity index (χ4v) is 4.82. The number of Topliss-reactive ketones (excluding diaryl/α,β-unsaturated/α-hetero) is 1. The fourth-order valence-electron chi connectivity index (χ4n) is 4.82. The summed E-state index contributed by atoms with van der Waals surface area (Å²) in [5.41, 5.74) is 0.631. The molecule has 1 aromatic rings. The molecular weight excluding hydrogens is 426 g/mol. The molecule has 1 unspecified atom stereocenters. The van der Waals surface area contributed by atoms with Crippen molar-refractivity contribution in [2.75, 3.05) is 13.1 Å². The highest BCUT2D eigenvalue weighted by Crippen LogP contribution is 2.27. The van der Waals surface area contributed by atoms with Gasteiger partial charge in [-0.15, -0.1) is 0 Å². The summed E-state index contributed by atoms with van der Waals surface area (Å²) in [7, 11) is 0. The summed E-state index contributed by atoms with van der Waals surface area (Å²) >= 11 is 0. The highest BCUT2D eigenvalue weighted by molar-refractivity contribution is 6.05. The summed E-state index contributed by atoms with van der Waals surface area (Å²) in [5.74, 6) is 0.987. The number of aliphatic imine (C=N–C) groups is 1. The minimum atomic E-state index is -0.645. The van der Waals surface area contributed by atoms with Gasteiger partial charge >= 0.3 is 6.09 Å². The zero-order chi connectivity index (χ0) is 24.7.